The van der Waals surface area contributed by atoms with E-state index < -0.39 is 0 Å². The van der Waals surface area contributed by atoms with Gasteiger partial charge in [-0.1, -0.05) is 48.0 Å². The van der Waals surface area contributed by atoms with Crippen LogP contribution in [0.1, 0.15) is 44.9 Å². The molecule has 0 radical (unpaired) electrons. The van der Waals surface area contributed by atoms with Crippen LogP contribution in [-0.4, -0.2) is 41.9 Å². The molecule has 1 aliphatic carbocycles. The third-order valence-corrected chi connectivity index (χ3v) is 5.27. The summed E-state index contributed by atoms with van der Waals surface area (Å²) in [4.78, 5) is 14.0. The number of hydrogen-bond donors (Lipinski definition) is 0. The number of alkyl halides is 1. The third-order valence-electron chi connectivity index (χ3n) is 4.31. The van der Waals surface area contributed by atoms with Gasteiger partial charge in [-0.3, -0.25) is 9.69 Å². The van der Waals surface area contributed by atoms with Crippen LogP contribution >= 0.6 is 15.9 Å². The van der Waals surface area contributed by atoms with Crippen molar-refractivity contribution in [1.82, 2.24) is 4.90 Å². The average molecular weight is 318 g/mol. The number of hydrogen-bond acceptors (Lipinski definition) is 3. The Kier molecular flexibility index (Phi) is 5.07. The molecule has 0 aromatic carbocycles. The molecule has 2 aliphatic rings. The van der Waals surface area contributed by atoms with E-state index in [-0.39, 0.29) is 18.1 Å². The summed E-state index contributed by atoms with van der Waals surface area (Å²) in [6.07, 6.45) is 8.87. The average Bonchev–Trinajstić information content (AvgIpc) is 2.73. The Hall–Kier alpha value is -0.0900. The zero-order chi connectivity index (χ0) is 13.1. The molecule has 104 valence electrons. The van der Waals surface area contributed by atoms with E-state index in [1.54, 1.807) is 0 Å². The zero-order valence-corrected chi connectivity index (χ0v) is 13.0. The van der Waals surface area contributed by atoms with Crippen LogP contribution in [0.2, 0.25) is 0 Å². The molecule has 0 unspecified atom stereocenters. The topological polar surface area (TPSA) is 29.5 Å². The summed E-state index contributed by atoms with van der Waals surface area (Å²) in [7, 11) is 3.89. The number of ether oxygens (including phenoxy) is 1. The minimum absolute atomic E-state index is 0.0543. The number of halogens is 1. The van der Waals surface area contributed by atoms with Crippen LogP contribution in [0.3, 0.4) is 0 Å². The van der Waals surface area contributed by atoms with Gasteiger partial charge in [0.05, 0.1) is 4.83 Å². The van der Waals surface area contributed by atoms with Crippen molar-refractivity contribution in [3.8, 4) is 0 Å². The first-order valence-electron chi connectivity index (χ1n) is 7.09. The molecule has 3 nitrogen and oxygen atoms in total. The second-order valence-electron chi connectivity index (χ2n) is 5.95. The van der Waals surface area contributed by atoms with Crippen molar-refractivity contribution in [2.45, 2.75) is 61.9 Å². The van der Waals surface area contributed by atoms with E-state index in [0.29, 0.717) is 4.83 Å². The smallest absolute Gasteiger partial charge is 0.323 e. The van der Waals surface area contributed by atoms with Crippen LogP contribution in [0, 0.1) is 5.92 Å². The summed E-state index contributed by atoms with van der Waals surface area (Å²) in [5.74, 6) is 0.762. The highest BCUT2D eigenvalue weighted by Gasteiger charge is 2.39. The van der Waals surface area contributed by atoms with E-state index >= 15 is 0 Å². The normalized spacial score (nSPS) is 31.7. The fourth-order valence-electron chi connectivity index (χ4n) is 3.13. The van der Waals surface area contributed by atoms with Crippen molar-refractivity contribution in [2.24, 2.45) is 5.92 Å². The van der Waals surface area contributed by atoms with Gasteiger partial charge in [-0.2, -0.15) is 0 Å². The van der Waals surface area contributed by atoms with Crippen LogP contribution in [0.25, 0.3) is 0 Å². The predicted molar refractivity (Wildman–Crippen MR) is 75.9 cm³/mol. The SMILES string of the molecule is CN(C)[C@@H]1C[C@@H]([C@H](Br)CC2CCCCC2)OC1=O. The van der Waals surface area contributed by atoms with Gasteiger partial charge in [0, 0.05) is 6.42 Å². The van der Waals surface area contributed by atoms with Gasteiger partial charge in [0.15, 0.2) is 0 Å². The molecule has 1 saturated heterocycles. The van der Waals surface area contributed by atoms with E-state index in [9.17, 15) is 4.79 Å². The van der Waals surface area contributed by atoms with E-state index in [1.165, 1.54) is 32.1 Å². The molecule has 0 aromatic rings. The number of carbonyl (C=O) groups is 1. The van der Waals surface area contributed by atoms with Crippen LogP contribution in [-0.2, 0) is 9.53 Å². The number of likely N-dealkylation sites (N-methyl/N-ethyl adjacent to an activating group) is 1. The number of cyclic esters (lactones) is 1. The van der Waals surface area contributed by atoms with Crippen molar-refractivity contribution >= 4 is 21.9 Å². The highest BCUT2D eigenvalue weighted by atomic mass is 79.9. The maximum absolute atomic E-state index is 11.7. The van der Waals surface area contributed by atoms with Crippen LogP contribution in [0.5, 0.6) is 0 Å². The molecule has 1 aliphatic heterocycles. The summed E-state index contributed by atoms with van der Waals surface area (Å²) in [5, 5.41) is 0. The number of nitrogens with zero attached hydrogens (tertiary/aromatic N) is 1. The minimum Gasteiger partial charge on any atom is -0.460 e. The summed E-state index contributed by atoms with van der Waals surface area (Å²) in [5.41, 5.74) is 0. The summed E-state index contributed by atoms with van der Waals surface area (Å²) in [6, 6.07) is -0.0543. The monoisotopic (exact) mass is 317 g/mol. The third kappa shape index (κ3) is 3.47. The van der Waals surface area contributed by atoms with Crippen LogP contribution in [0.4, 0.5) is 0 Å². The minimum atomic E-state index is -0.0573. The summed E-state index contributed by atoms with van der Waals surface area (Å²) in [6.45, 7) is 0. The molecule has 2 fully saturated rings. The molecule has 0 spiro atoms. The molecule has 2 rings (SSSR count). The van der Waals surface area contributed by atoms with E-state index in [2.05, 4.69) is 15.9 Å². The molecule has 18 heavy (non-hydrogen) atoms. The number of rotatable bonds is 4. The fraction of sp³-hybridized carbons (Fsp3) is 0.929. The van der Waals surface area contributed by atoms with Crippen molar-refractivity contribution in [3.63, 3.8) is 0 Å². The van der Waals surface area contributed by atoms with Crippen molar-refractivity contribution < 1.29 is 9.53 Å². The largest absolute Gasteiger partial charge is 0.460 e. The maximum Gasteiger partial charge on any atom is 0.323 e. The van der Waals surface area contributed by atoms with Gasteiger partial charge in [0.25, 0.3) is 0 Å². The Labute approximate surface area is 118 Å². The lowest BCUT2D eigenvalue weighted by atomic mass is 9.85. The molecular weight excluding hydrogens is 294 g/mol. The van der Waals surface area contributed by atoms with Gasteiger partial charge in [-0.15, -0.1) is 0 Å². The summed E-state index contributed by atoms with van der Waals surface area (Å²) < 4.78 is 5.51. The molecule has 0 aromatic heterocycles. The van der Waals surface area contributed by atoms with Crippen molar-refractivity contribution in [3.05, 3.63) is 0 Å². The zero-order valence-electron chi connectivity index (χ0n) is 11.4. The Morgan fingerprint density at radius 3 is 2.56 bits per heavy atom. The quantitative estimate of drug-likeness (QED) is 0.589. The molecule has 3 atom stereocenters. The lowest BCUT2D eigenvalue weighted by Crippen LogP contribution is -2.32. The molecule has 1 heterocycles. The standard InChI is InChI=1S/C14H24BrNO2/c1-16(2)12-9-13(18-14(12)17)11(15)8-10-6-4-3-5-7-10/h10-13H,3-9H2,1-2H3/t11-,12-,13+/m1/s1. The number of carbonyl (C=O) groups excluding carboxylic acids is 1. The Balaban J connectivity index is 1.82. The van der Waals surface area contributed by atoms with Gasteiger partial charge >= 0.3 is 5.97 Å². The molecule has 0 amide bonds. The van der Waals surface area contributed by atoms with Crippen molar-refractivity contribution in [2.75, 3.05) is 14.1 Å². The van der Waals surface area contributed by atoms with Gasteiger partial charge in [0.2, 0.25) is 0 Å². The molecule has 0 bridgehead atoms. The first kappa shape index (κ1) is 14.3. The fourth-order valence-corrected chi connectivity index (χ4v) is 3.98. The van der Waals surface area contributed by atoms with Crippen LogP contribution in [0.15, 0.2) is 0 Å². The first-order valence-corrected chi connectivity index (χ1v) is 8.00. The lowest BCUT2D eigenvalue weighted by molar-refractivity contribution is -0.144. The van der Waals surface area contributed by atoms with Crippen LogP contribution < -0.4 is 0 Å². The predicted octanol–water partition coefficient (Wildman–Crippen LogP) is 2.97. The van der Waals surface area contributed by atoms with Gasteiger partial charge in [0.1, 0.15) is 12.1 Å². The highest BCUT2D eigenvalue weighted by Crippen LogP contribution is 2.33. The van der Waals surface area contributed by atoms with Gasteiger partial charge < -0.3 is 4.74 Å². The van der Waals surface area contributed by atoms with E-state index in [1.807, 2.05) is 19.0 Å². The van der Waals surface area contributed by atoms with Gasteiger partial charge in [-0.25, -0.2) is 0 Å². The van der Waals surface area contributed by atoms with E-state index in [4.69, 9.17) is 4.74 Å². The molecule has 1 saturated carbocycles. The first-order chi connectivity index (χ1) is 8.58. The van der Waals surface area contributed by atoms with E-state index in [0.717, 1.165) is 18.8 Å². The Bertz CT molecular complexity index is 290. The Morgan fingerprint density at radius 1 is 1.33 bits per heavy atom. The second kappa shape index (κ2) is 6.38. The summed E-state index contributed by atoms with van der Waals surface area (Å²) >= 11 is 3.75. The molecular formula is C14H24BrNO2. The highest BCUT2D eigenvalue weighted by molar-refractivity contribution is 9.09. The lowest BCUT2D eigenvalue weighted by Gasteiger charge is -2.26. The molecule has 4 heteroatoms. The molecule has 0 N–H and O–H groups in total. The second-order valence-corrected chi connectivity index (χ2v) is 7.12. The Morgan fingerprint density at radius 2 is 2.00 bits per heavy atom. The van der Waals surface area contributed by atoms with Gasteiger partial charge in [-0.05, 0) is 26.4 Å². The maximum atomic E-state index is 11.7. The number of esters is 1. The van der Waals surface area contributed by atoms with Crippen molar-refractivity contribution in [1.29, 1.82) is 0 Å².